The van der Waals surface area contributed by atoms with E-state index in [0.29, 0.717) is 11.8 Å². The van der Waals surface area contributed by atoms with Crippen LogP contribution in [-0.2, 0) is 0 Å². The predicted octanol–water partition coefficient (Wildman–Crippen LogP) is 3.77. The first-order valence-corrected chi connectivity index (χ1v) is 6.66. The molecule has 0 unspecified atom stereocenters. The Kier molecular flexibility index (Phi) is 2.51. The summed E-state index contributed by atoms with van der Waals surface area (Å²) in [6, 6.07) is 0. The average Bonchev–Trinajstić information content (AvgIpc) is 2.94. The molecular weight excluding hydrogens is 252 g/mol. The average molecular weight is 267 g/mol. The lowest BCUT2D eigenvalue weighted by Gasteiger charge is -2.09. The topological polar surface area (TPSA) is 25.8 Å². The molecule has 0 spiro atoms. The molecule has 3 rings (SSSR count). The van der Waals surface area contributed by atoms with Crippen LogP contribution in [0.4, 0.5) is 0 Å². The first-order chi connectivity index (χ1) is 7.34. The van der Waals surface area contributed by atoms with E-state index in [1.165, 1.54) is 44.2 Å². The van der Waals surface area contributed by atoms with E-state index >= 15 is 0 Å². The zero-order chi connectivity index (χ0) is 10.3. The van der Waals surface area contributed by atoms with Crippen LogP contribution >= 0.6 is 15.9 Å². The second kappa shape index (κ2) is 3.85. The summed E-state index contributed by atoms with van der Waals surface area (Å²) in [6.07, 6.45) is 9.83. The van der Waals surface area contributed by atoms with Gasteiger partial charge in [-0.2, -0.15) is 0 Å². The maximum atomic E-state index is 4.76. The van der Waals surface area contributed by atoms with Gasteiger partial charge in [-0.1, -0.05) is 12.8 Å². The quantitative estimate of drug-likeness (QED) is 0.815. The second-order valence-electron chi connectivity index (χ2n) is 4.72. The zero-order valence-electron chi connectivity index (χ0n) is 8.75. The molecule has 2 fully saturated rings. The lowest BCUT2D eigenvalue weighted by Crippen LogP contribution is -2.03. The van der Waals surface area contributed by atoms with Crippen molar-refractivity contribution in [2.24, 2.45) is 0 Å². The minimum Gasteiger partial charge on any atom is -0.240 e. The minimum atomic E-state index is 0.635. The maximum Gasteiger partial charge on any atom is 0.131 e. The van der Waals surface area contributed by atoms with Gasteiger partial charge in [0, 0.05) is 18.0 Å². The number of aromatic nitrogens is 2. The third-order valence-electron chi connectivity index (χ3n) is 3.47. The normalized spacial score (nSPS) is 22.2. The summed E-state index contributed by atoms with van der Waals surface area (Å²) in [6.45, 7) is 0. The number of rotatable bonds is 2. The molecule has 0 aliphatic heterocycles. The van der Waals surface area contributed by atoms with Crippen molar-refractivity contribution >= 4 is 15.9 Å². The van der Waals surface area contributed by atoms with Crippen molar-refractivity contribution in [3.05, 3.63) is 22.2 Å². The first-order valence-electron chi connectivity index (χ1n) is 5.87. The van der Waals surface area contributed by atoms with Gasteiger partial charge in [0.05, 0.1) is 10.2 Å². The van der Waals surface area contributed by atoms with E-state index in [1.54, 1.807) is 0 Å². The van der Waals surface area contributed by atoms with E-state index in [-0.39, 0.29) is 0 Å². The Bertz CT molecular complexity index is 368. The van der Waals surface area contributed by atoms with Gasteiger partial charge in [0.15, 0.2) is 0 Å². The van der Waals surface area contributed by atoms with E-state index in [2.05, 4.69) is 20.9 Å². The third-order valence-corrected chi connectivity index (χ3v) is 4.09. The van der Waals surface area contributed by atoms with Crippen LogP contribution in [0.15, 0.2) is 10.7 Å². The van der Waals surface area contributed by atoms with Gasteiger partial charge in [-0.25, -0.2) is 9.97 Å². The molecule has 80 valence electrons. The Morgan fingerprint density at radius 3 is 2.47 bits per heavy atom. The molecule has 15 heavy (non-hydrogen) atoms. The highest BCUT2D eigenvalue weighted by Gasteiger charge is 2.29. The van der Waals surface area contributed by atoms with Crippen LogP contribution < -0.4 is 0 Å². The summed E-state index contributed by atoms with van der Waals surface area (Å²) < 4.78 is 1.10. The summed E-state index contributed by atoms with van der Waals surface area (Å²) in [5.74, 6) is 2.44. The van der Waals surface area contributed by atoms with Crippen molar-refractivity contribution in [3.8, 4) is 0 Å². The van der Waals surface area contributed by atoms with Gasteiger partial charge in [-0.15, -0.1) is 0 Å². The van der Waals surface area contributed by atoms with Crippen LogP contribution in [0.25, 0.3) is 0 Å². The van der Waals surface area contributed by atoms with Crippen LogP contribution in [0.5, 0.6) is 0 Å². The van der Waals surface area contributed by atoms with Crippen molar-refractivity contribution in [1.29, 1.82) is 0 Å². The Morgan fingerprint density at radius 2 is 1.80 bits per heavy atom. The first kappa shape index (κ1) is 9.76. The summed E-state index contributed by atoms with van der Waals surface area (Å²) in [5, 5.41) is 0. The van der Waals surface area contributed by atoms with Crippen molar-refractivity contribution in [2.75, 3.05) is 0 Å². The molecule has 2 saturated carbocycles. The highest BCUT2D eigenvalue weighted by atomic mass is 79.9. The lowest BCUT2D eigenvalue weighted by atomic mass is 10.1. The molecule has 0 amide bonds. The van der Waals surface area contributed by atoms with E-state index in [4.69, 9.17) is 4.98 Å². The summed E-state index contributed by atoms with van der Waals surface area (Å²) in [7, 11) is 0. The molecule has 2 aliphatic carbocycles. The van der Waals surface area contributed by atoms with Crippen LogP contribution in [0, 0.1) is 0 Å². The van der Waals surface area contributed by atoms with Crippen LogP contribution in [-0.4, -0.2) is 9.97 Å². The molecule has 1 aromatic heterocycles. The number of nitrogens with zero attached hydrogens (tertiary/aromatic N) is 2. The Labute approximate surface area is 98.6 Å². The summed E-state index contributed by atoms with van der Waals surface area (Å²) >= 11 is 3.55. The van der Waals surface area contributed by atoms with Crippen LogP contribution in [0.2, 0.25) is 0 Å². The monoisotopic (exact) mass is 266 g/mol. The predicted molar refractivity (Wildman–Crippen MR) is 62.9 cm³/mol. The fourth-order valence-electron chi connectivity index (χ4n) is 2.42. The highest BCUT2D eigenvalue weighted by Crippen LogP contribution is 2.43. The summed E-state index contributed by atoms with van der Waals surface area (Å²) in [4.78, 5) is 9.23. The van der Waals surface area contributed by atoms with E-state index < -0.39 is 0 Å². The molecule has 1 aromatic rings. The molecule has 0 saturated heterocycles. The number of halogens is 1. The highest BCUT2D eigenvalue weighted by molar-refractivity contribution is 9.10. The largest absolute Gasteiger partial charge is 0.240 e. The molecule has 0 bridgehead atoms. The minimum absolute atomic E-state index is 0.635. The summed E-state index contributed by atoms with van der Waals surface area (Å²) in [5.41, 5.74) is 1.26. The number of hydrogen-bond acceptors (Lipinski definition) is 2. The standard InChI is InChI=1S/C12H15BrN2/c13-10-7-14-12(9-3-1-2-4-9)15-11(10)8-5-6-8/h7-9H,1-6H2. The van der Waals surface area contributed by atoms with Crippen molar-refractivity contribution < 1.29 is 0 Å². The molecule has 3 heteroatoms. The fourth-order valence-corrected chi connectivity index (χ4v) is 2.93. The Morgan fingerprint density at radius 1 is 1.07 bits per heavy atom. The van der Waals surface area contributed by atoms with Gasteiger partial charge >= 0.3 is 0 Å². The van der Waals surface area contributed by atoms with Gasteiger partial charge in [0.1, 0.15) is 5.82 Å². The SMILES string of the molecule is Brc1cnc(C2CCCC2)nc1C1CC1. The smallest absolute Gasteiger partial charge is 0.131 e. The molecule has 2 aliphatic rings. The van der Waals surface area contributed by atoms with Gasteiger partial charge in [-0.05, 0) is 41.6 Å². The number of hydrogen-bond donors (Lipinski definition) is 0. The Hall–Kier alpha value is -0.440. The van der Waals surface area contributed by atoms with Crippen molar-refractivity contribution in [1.82, 2.24) is 9.97 Å². The van der Waals surface area contributed by atoms with E-state index in [9.17, 15) is 0 Å². The van der Waals surface area contributed by atoms with Gasteiger partial charge in [0.2, 0.25) is 0 Å². The fraction of sp³-hybridized carbons (Fsp3) is 0.667. The maximum absolute atomic E-state index is 4.76. The second-order valence-corrected chi connectivity index (χ2v) is 5.57. The molecule has 2 nitrogen and oxygen atoms in total. The Balaban J connectivity index is 1.91. The van der Waals surface area contributed by atoms with Gasteiger partial charge in [-0.3, -0.25) is 0 Å². The zero-order valence-corrected chi connectivity index (χ0v) is 10.3. The molecular formula is C12H15BrN2. The molecule has 0 radical (unpaired) electrons. The van der Waals surface area contributed by atoms with E-state index in [1.807, 2.05) is 6.20 Å². The molecule has 0 N–H and O–H groups in total. The molecule has 0 atom stereocenters. The van der Waals surface area contributed by atoms with Gasteiger partial charge in [0.25, 0.3) is 0 Å². The molecule has 0 aromatic carbocycles. The molecule has 1 heterocycles. The van der Waals surface area contributed by atoms with Crippen LogP contribution in [0.3, 0.4) is 0 Å². The van der Waals surface area contributed by atoms with Crippen molar-refractivity contribution in [2.45, 2.75) is 50.4 Å². The van der Waals surface area contributed by atoms with Crippen molar-refractivity contribution in [3.63, 3.8) is 0 Å². The third kappa shape index (κ3) is 1.94. The van der Waals surface area contributed by atoms with E-state index in [0.717, 1.165) is 10.3 Å². The lowest BCUT2D eigenvalue weighted by molar-refractivity contribution is 0.658. The van der Waals surface area contributed by atoms with Crippen LogP contribution in [0.1, 0.15) is 61.9 Å². The van der Waals surface area contributed by atoms with Gasteiger partial charge < -0.3 is 0 Å².